The minimum Gasteiger partial charge on any atom is -0.463 e. The van der Waals surface area contributed by atoms with Crippen molar-refractivity contribution in [3.05, 3.63) is 0 Å². The molecule has 0 spiro atoms. The van der Waals surface area contributed by atoms with Crippen molar-refractivity contribution >= 4 is 5.97 Å². The molecule has 0 bridgehead atoms. The van der Waals surface area contributed by atoms with Crippen LogP contribution in [0.3, 0.4) is 0 Å². The normalized spacial score (nSPS) is 12.5. The highest BCUT2D eigenvalue weighted by molar-refractivity contribution is 5.69. The van der Waals surface area contributed by atoms with Crippen LogP contribution in [0, 0.1) is 0 Å². The van der Waals surface area contributed by atoms with E-state index >= 15 is 0 Å². The second kappa shape index (κ2) is 8.01. The van der Waals surface area contributed by atoms with Crippen LogP contribution < -0.4 is 0 Å². The van der Waals surface area contributed by atoms with Crippen LogP contribution in [0.25, 0.3) is 0 Å². The Labute approximate surface area is 78.8 Å². The van der Waals surface area contributed by atoms with E-state index in [0.717, 1.165) is 12.8 Å². The topological polar surface area (TPSA) is 55.4 Å². The van der Waals surface area contributed by atoms with Crippen LogP contribution in [0.4, 0.5) is 0 Å². The predicted molar refractivity (Wildman–Crippen MR) is 46.6 cm³/mol. The van der Waals surface area contributed by atoms with Crippen molar-refractivity contribution in [2.45, 2.75) is 39.4 Å². The molecule has 0 fully saturated rings. The predicted octanol–water partition coefficient (Wildman–Crippen LogP) is 1.51. The van der Waals surface area contributed by atoms with Crippen molar-refractivity contribution in [3.63, 3.8) is 0 Å². The van der Waals surface area contributed by atoms with Crippen molar-refractivity contribution in [1.29, 1.82) is 0 Å². The average molecular weight is 189 g/mol. The first-order chi connectivity index (χ1) is 6.16. The van der Waals surface area contributed by atoms with Gasteiger partial charge in [0.1, 0.15) is 6.61 Å². The van der Waals surface area contributed by atoms with Gasteiger partial charge in [0.05, 0.1) is 6.61 Å². The SMILES string of the molecule is CCCCC(=O)OCCOC(C)[O]. The number of hydrogen-bond acceptors (Lipinski definition) is 3. The fourth-order valence-corrected chi connectivity index (χ4v) is 0.763. The number of ether oxygens (including phenoxy) is 2. The van der Waals surface area contributed by atoms with Gasteiger partial charge >= 0.3 is 5.97 Å². The van der Waals surface area contributed by atoms with Gasteiger partial charge in [0, 0.05) is 6.42 Å². The zero-order chi connectivity index (χ0) is 10.1. The number of esters is 1. The van der Waals surface area contributed by atoms with E-state index < -0.39 is 6.29 Å². The Hall–Kier alpha value is -0.610. The minimum atomic E-state index is -1.05. The summed E-state index contributed by atoms with van der Waals surface area (Å²) in [5, 5.41) is 10.4. The number of carbonyl (C=O) groups excluding carboxylic acids is 1. The molecule has 0 amide bonds. The quantitative estimate of drug-likeness (QED) is 0.346. The summed E-state index contributed by atoms with van der Waals surface area (Å²) in [6.07, 6.45) is 1.22. The molecule has 1 radical (unpaired) electrons. The fourth-order valence-electron chi connectivity index (χ4n) is 0.763. The third-order valence-electron chi connectivity index (χ3n) is 1.43. The Bertz CT molecular complexity index is 134. The molecule has 0 saturated carbocycles. The van der Waals surface area contributed by atoms with Crippen molar-refractivity contribution in [1.82, 2.24) is 0 Å². The lowest BCUT2D eigenvalue weighted by Crippen LogP contribution is -2.13. The van der Waals surface area contributed by atoms with Gasteiger partial charge in [-0.25, -0.2) is 5.11 Å². The minimum absolute atomic E-state index is 0.176. The van der Waals surface area contributed by atoms with E-state index in [4.69, 9.17) is 4.74 Å². The third-order valence-corrected chi connectivity index (χ3v) is 1.43. The highest BCUT2D eigenvalue weighted by Gasteiger charge is 2.02. The molecule has 0 aliphatic rings. The first kappa shape index (κ1) is 12.4. The van der Waals surface area contributed by atoms with E-state index in [1.807, 2.05) is 6.92 Å². The van der Waals surface area contributed by atoms with Gasteiger partial charge in [0.15, 0.2) is 6.29 Å². The largest absolute Gasteiger partial charge is 0.463 e. The lowest BCUT2D eigenvalue weighted by Gasteiger charge is -2.05. The summed E-state index contributed by atoms with van der Waals surface area (Å²) in [5.41, 5.74) is 0. The van der Waals surface area contributed by atoms with E-state index in [2.05, 4.69) is 4.74 Å². The second-order valence-corrected chi connectivity index (χ2v) is 2.76. The zero-order valence-electron chi connectivity index (χ0n) is 8.25. The molecule has 0 aliphatic heterocycles. The molecule has 0 N–H and O–H groups in total. The van der Waals surface area contributed by atoms with Crippen LogP contribution in [0.5, 0.6) is 0 Å². The van der Waals surface area contributed by atoms with E-state index in [9.17, 15) is 9.90 Å². The molecular formula is C9H17O4. The summed E-state index contributed by atoms with van der Waals surface area (Å²) in [5.74, 6) is -0.219. The van der Waals surface area contributed by atoms with E-state index in [-0.39, 0.29) is 19.2 Å². The Balaban J connectivity index is 3.17. The van der Waals surface area contributed by atoms with Crippen molar-refractivity contribution in [2.24, 2.45) is 0 Å². The number of rotatable bonds is 7. The highest BCUT2D eigenvalue weighted by atomic mass is 16.6. The molecule has 0 aliphatic carbocycles. The van der Waals surface area contributed by atoms with Gasteiger partial charge in [-0.1, -0.05) is 13.3 Å². The molecule has 0 aromatic rings. The standard InChI is InChI=1S/C9H17O4/c1-3-4-5-9(11)13-7-6-12-8(2)10/h8H,3-7H2,1-2H3. The van der Waals surface area contributed by atoms with Crippen molar-refractivity contribution in [3.8, 4) is 0 Å². The van der Waals surface area contributed by atoms with Crippen LogP contribution in [0.2, 0.25) is 0 Å². The van der Waals surface area contributed by atoms with Crippen LogP contribution in [-0.4, -0.2) is 25.5 Å². The highest BCUT2D eigenvalue weighted by Crippen LogP contribution is 1.96. The van der Waals surface area contributed by atoms with Crippen LogP contribution >= 0.6 is 0 Å². The van der Waals surface area contributed by atoms with Gasteiger partial charge in [-0.2, -0.15) is 0 Å². The Morgan fingerprint density at radius 2 is 2.08 bits per heavy atom. The second-order valence-electron chi connectivity index (χ2n) is 2.76. The molecule has 0 heterocycles. The van der Waals surface area contributed by atoms with Gasteiger partial charge in [-0.05, 0) is 13.3 Å². The molecule has 77 valence electrons. The first-order valence-corrected chi connectivity index (χ1v) is 4.60. The molecule has 0 rings (SSSR count). The lowest BCUT2D eigenvalue weighted by atomic mass is 10.2. The summed E-state index contributed by atoms with van der Waals surface area (Å²) < 4.78 is 9.46. The lowest BCUT2D eigenvalue weighted by molar-refractivity contribution is -0.156. The number of carbonyl (C=O) groups is 1. The molecule has 0 aromatic carbocycles. The molecule has 4 nitrogen and oxygen atoms in total. The number of hydrogen-bond donors (Lipinski definition) is 0. The smallest absolute Gasteiger partial charge is 0.305 e. The van der Waals surface area contributed by atoms with Crippen LogP contribution in [0.1, 0.15) is 33.1 Å². The van der Waals surface area contributed by atoms with E-state index in [0.29, 0.717) is 6.42 Å². The summed E-state index contributed by atoms with van der Waals surface area (Å²) in [4.78, 5) is 10.9. The van der Waals surface area contributed by atoms with Gasteiger partial charge in [-0.3, -0.25) is 4.79 Å². The summed E-state index contributed by atoms with van der Waals surface area (Å²) in [7, 11) is 0. The first-order valence-electron chi connectivity index (χ1n) is 4.60. The van der Waals surface area contributed by atoms with Gasteiger partial charge in [-0.15, -0.1) is 0 Å². The monoisotopic (exact) mass is 189 g/mol. The Kier molecular flexibility index (Phi) is 7.63. The molecule has 4 heteroatoms. The molecule has 1 unspecified atom stereocenters. The summed E-state index contributed by atoms with van der Waals surface area (Å²) in [6.45, 7) is 3.77. The maximum Gasteiger partial charge on any atom is 0.305 e. The Morgan fingerprint density at radius 3 is 2.62 bits per heavy atom. The van der Waals surface area contributed by atoms with Gasteiger partial charge in [0.25, 0.3) is 0 Å². The Morgan fingerprint density at radius 1 is 1.38 bits per heavy atom. The molecule has 13 heavy (non-hydrogen) atoms. The van der Waals surface area contributed by atoms with Crippen molar-refractivity contribution in [2.75, 3.05) is 13.2 Å². The van der Waals surface area contributed by atoms with Crippen LogP contribution in [-0.2, 0) is 19.4 Å². The molecular weight excluding hydrogens is 172 g/mol. The summed E-state index contributed by atoms with van der Waals surface area (Å²) in [6, 6.07) is 0. The van der Waals surface area contributed by atoms with Gasteiger partial charge in [0.2, 0.25) is 0 Å². The maximum absolute atomic E-state index is 10.9. The van der Waals surface area contributed by atoms with E-state index in [1.54, 1.807) is 0 Å². The average Bonchev–Trinajstić information content (AvgIpc) is 2.08. The maximum atomic E-state index is 10.9. The summed E-state index contributed by atoms with van der Waals surface area (Å²) >= 11 is 0. The third kappa shape index (κ3) is 9.30. The molecule has 1 atom stereocenters. The van der Waals surface area contributed by atoms with E-state index in [1.165, 1.54) is 6.92 Å². The van der Waals surface area contributed by atoms with Gasteiger partial charge < -0.3 is 9.47 Å². The number of unbranched alkanes of at least 4 members (excludes halogenated alkanes) is 1. The zero-order valence-corrected chi connectivity index (χ0v) is 8.25. The molecule has 0 saturated heterocycles. The van der Waals surface area contributed by atoms with Crippen molar-refractivity contribution < 1.29 is 19.4 Å². The molecule has 0 aromatic heterocycles. The fraction of sp³-hybridized carbons (Fsp3) is 0.889. The van der Waals surface area contributed by atoms with Crippen LogP contribution in [0.15, 0.2) is 0 Å².